The molecule has 7 N–H and O–H groups in total. The highest BCUT2D eigenvalue weighted by Crippen LogP contribution is 2.29. The zero-order chi connectivity index (χ0) is 31.0. The third-order valence-electron chi connectivity index (χ3n) is 8.18. The summed E-state index contributed by atoms with van der Waals surface area (Å²) in [6, 6.07) is 0. The van der Waals surface area contributed by atoms with Crippen LogP contribution in [0.25, 0.3) is 0 Å². The van der Waals surface area contributed by atoms with E-state index in [1.165, 1.54) is 6.92 Å². The highest BCUT2D eigenvalue weighted by molar-refractivity contribution is 5.70. The Morgan fingerprint density at radius 3 is 1.95 bits per heavy atom. The Bertz CT molecular complexity index is 769. The molecule has 2 heterocycles. The van der Waals surface area contributed by atoms with Gasteiger partial charge < -0.3 is 59.4 Å². The molecule has 0 spiro atoms. The summed E-state index contributed by atoms with van der Waals surface area (Å²) in [6.07, 6.45) is -13.0. The molecule has 0 amide bonds. The van der Waals surface area contributed by atoms with E-state index in [0.29, 0.717) is 12.8 Å². The summed E-state index contributed by atoms with van der Waals surface area (Å²) in [5.41, 5.74) is 0. The maximum Gasteiger partial charge on any atom is 0.308 e. The van der Waals surface area contributed by atoms with Gasteiger partial charge in [0, 0.05) is 12.8 Å². The second-order valence-electron chi connectivity index (χ2n) is 11.7. The molecule has 41 heavy (non-hydrogen) atoms. The van der Waals surface area contributed by atoms with Crippen LogP contribution in [0.2, 0.25) is 0 Å². The minimum atomic E-state index is -1.54. The number of hydrogen-bond donors (Lipinski definition) is 7. The predicted octanol–water partition coefficient (Wildman–Crippen LogP) is -0.422. The molecule has 9 unspecified atom stereocenters. The molecule has 0 aromatic carbocycles. The number of carbonyl (C=O) groups excluding carboxylic acids is 1. The number of esters is 1. The minimum absolute atomic E-state index is 0.0402. The lowest BCUT2D eigenvalue weighted by Gasteiger charge is -2.39. The van der Waals surface area contributed by atoms with Crippen molar-refractivity contribution in [3.63, 3.8) is 0 Å². The van der Waals surface area contributed by atoms with Crippen LogP contribution in [0.3, 0.4) is 0 Å². The van der Waals surface area contributed by atoms with E-state index < -0.39 is 85.7 Å². The van der Waals surface area contributed by atoms with Crippen LogP contribution in [0, 0.1) is 11.8 Å². The molecule has 0 saturated carbocycles. The van der Waals surface area contributed by atoms with E-state index in [1.807, 2.05) is 27.7 Å². The molecule has 0 aromatic heterocycles. The molecule has 15 atom stereocenters. The van der Waals surface area contributed by atoms with Crippen molar-refractivity contribution in [2.45, 2.75) is 153 Å². The van der Waals surface area contributed by atoms with Crippen LogP contribution >= 0.6 is 0 Å². The SMILES string of the molecule is CC[C@H](C)[C@H](C[C@@H](C)O)OC(=O)C[C@@H](O)C[C@H](OC1OC(COC2OC(C)C(O)C(O)C2O)C(O)C1O)[C@@H](C)CC. The summed E-state index contributed by atoms with van der Waals surface area (Å²) in [4.78, 5) is 12.6. The van der Waals surface area contributed by atoms with Gasteiger partial charge in [0.25, 0.3) is 0 Å². The highest BCUT2D eigenvalue weighted by Gasteiger charge is 2.47. The molecule has 0 radical (unpaired) electrons. The van der Waals surface area contributed by atoms with Crippen LogP contribution in [-0.2, 0) is 28.5 Å². The maximum absolute atomic E-state index is 12.6. The third kappa shape index (κ3) is 10.3. The number of hydrogen-bond acceptors (Lipinski definition) is 13. The Balaban J connectivity index is 1.95. The Kier molecular flexibility index (Phi) is 14.8. The molecular weight excluding hydrogens is 544 g/mol. The Labute approximate surface area is 242 Å². The Morgan fingerprint density at radius 1 is 0.780 bits per heavy atom. The van der Waals surface area contributed by atoms with Gasteiger partial charge in [-0.15, -0.1) is 0 Å². The second-order valence-corrected chi connectivity index (χ2v) is 11.7. The standard InChI is InChI=1S/C28H52O13/c1-7-13(3)18(9-15(5)29)39-21(31)11-17(30)10-19(14(4)8-2)40-28-25(35)23(33)20(41-28)12-37-27-26(36)24(34)22(32)16(6)38-27/h13-20,22-30,32-36H,7-12H2,1-6H3/t13-,14-,15+,16?,17-,18-,19-,20?,22?,23?,24?,25?,26?,27?,28?/m0/s1. The zero-order valence-electron chi connectivity index (χ0n) is 25.0. The first kappa shape index (κ1) is 36.2. The molecule has 0 aromatic rings. The van der Waals surface area contributed by atoms with E-state index in [0.717, 1.165) is 6.42 Å². The Morgan fingerprint density at radius 2 is 1.37 bits per heavy atom. The molecule has 242 valence electrons. The van der Waals surface area contributed by atoms with E-state index in [4.69, 9.17) is 23.7 Å². The van der Waals surface area contributed by atoms with E-state index in [1.54, 1.807) is 6.92 Å². The molecule has 2 aliphatic heterocycles. The first-order valence-corrected chi connectivity index (χ1v) is 14.7. The average Bonchev–Trinajstić information content (AvgIpc) is 3.18. The first-order valence-electron chi connectivity index (χ1n) is 14.7. The van der Waals surface area contributed by atoms with Crippen LogP contribution in [0.4, 0.5) is 0 Å². The molecule has 2 aliphatic rings. The minimum Gasteiger partial charge on any atom is -0.462 e. The van der Waals surface area contributed by atoms with Gasteiger partial charge in [-0.05, 0) is 25.7 Å². The van der Waals surface area contributed by atoms with Crippen LogP contribution < -0.4 is 0 Å². The van der Waals surface area contributed by atoms with Crippen molar-refractivity contribution in [3.05, 3.63) is 0 Å². The number of ether oxygens (including phenoxy) is 5. The topological polar surface area (TPSA) is 205 Å². The smallest absolute Gasteiger partial charge is 0.308 e. The summed E-state index contributed by atoms with van der Waals surface area (Å²) >= 11 is 0. The molecule has 0 bridgehead atoms. The van der Waals surface area contributed by atoms with Crippen molar-refractivity contribution < 1.29 is 64.2 Å². The zero-order valence-corrected chi connectivity index (χ0v) is 25.0. The van der Waals surface area contributed by atoms with Gasteiger partial charge in [-0.1, -0.05) is 40.5 Å². The van der Waals surface area contributed by atoms with E-state index in [9.17, 15) is 40.5 Å². The van der Waals surface area contributed by atoms with Crippen LogP contribution in [0.1, 0.15) is 73.6 Å². The molecule has 0 aliphatic carbocycles. The lowest BCUT2D eigenvalue weighted by Crippen LogP contribution is -2.57. The summed E-state index contributed by atoms with van der Waals surface area (Å²) < 4.78 is 28.2. The van der Waals surface area contributed by atoms with Crippen LogP contribution in [-0.4, -0.2) is 128 Å². The van der Waals surface area contributed by atoms with Crippen molar-refractivity contribution >= 4 is 5.97 Å². The lowest BCUT2D eigenvalue weighted by molar-refractivity contribution is -0.300. The van der Waals surface area contributed by atoms with Gasteiger partial charge in [0.05, 0.1) is 37.4 Å². The number of rotatable bonds is 16. The van der Waals surface area contributed by atoms with Gasteiger partial charge >= 0.3 is 5.97 Å². The molecule has 2 rings (SSSR count). The first-order chi connectivity index (χ1) is 19.2. The summed E-state index contributed by atoms with van der Waals surface area (Å²) in [7, 11) is 0. The summed E-state index contributed by atoms with van der Waals surface area (Å²) in [5.74, 6) is -0.651. The van der Waals surface area contributed by atoms with Gasteiger partial charge in [-0.3, -0.25) is 4.79 Å². The van der Waals surface area contributed by atoms with Gasteiger partial charge in [0.15, 0.2) is 12.6 Å². The molecule has 2 saturated heterocycles. The normalized spacial score (nSPS) is 36.8. The van der Waals surface area contributed by atoms with E-state index in [-0.39, 0.29) is 31.3 Å². The van der Waals surface area contributed by atoms with Gasteiger partial charge in [-0.25, -0.2) is 0 Å². The lowest BCUT2D eigenvalue weighted by atomic mass is 9.95. The van der Waals surface area contributed by atoms with Crippen molar-refractivity contribution in [3.8, 4) is 0 Å². The van der Waals surface area contributed by atoms with Crippen molar-refractivity contribution in [2.75, 3.05) is 6.61 Å². The van der Waals surface area contributed by atoms with Crippen LogP contribution in [0.5, 0.6) is 0 Å². The molecule has 13 nitrogen and oxygen atoms in total. The fraction of sp³-hybridized carbons (Fsp3) is 0.964. The molecule has 13 heteroatoms. The Hall–Kier alpha value is -0.970. The summed E-state index contributed by atoms with van der Waals surface area (Å²) in [5, 5.41) is 71.5. The molecule has 2 fully saturated rings. The quantitative estimate of drug-likeness (QED) is 0.113. The largest absolute Gasteiger partial charge is 0.462 e. The highest BCUT2D eigenvalue weighted by atomic mass is 16.7. The van der Waals surface area contributed by atoms with E-state index in [2.05, 4.69) is 0 Å². The maximum atomic E-state index is 12.6. The second kappa shape index (κ2) is 16.8. The predicted molar refractivity (Wildman–Crippen MR) is 144 cm³/mol. The van der Waals surface area contributed by atoms with Crippen LogP contribution in [0.15, 0.2) is 0 Å². The van der Waals surface area contributed by atoms with Crippen molar-refractivity contribution in [1.82, 2.24) is 0 Å². The molecular formula is C28H52O13. The van der Waals surface area contributed by atoms with Gasteiger partial charge in [0.2, 0.25) is 0 Å². The fourth-order valence-electron chi connectivity index (χ4n) is 4.92. The van der Waals surface area contributed by atoms with E-state index >= 15 is 0 Å². The van der Waals surface area contributed by atoms with Crippen molar-refractivity contribution in [2.24, 2.45) is 11.8 Å². The fourth-order valence-corrected chi connectivity index (χ4v) is 4.92. The number of aliphatic hydroxyl groups is 7. The summed E-state index contributed by atoms with van der Waals surface area (Å²) in [6.45, 7) is 10.5. The number of carbonyl (C=O) groups is 1. The van der Waals surface area contributed by atoms with Gasteiger partial charge in [-0.2, -0.15) is 0 Å². The average molecular weight is 597 g/mol. The number of aliphatic hydroxyl groups excluding tert-OH is 7. The van der Waals surface area contributed by atoms with Crippen molar-refractivity contribution in [1.29, 1.82) is 0 Å². The van der Waals surface area contributed by atoms with Gasteiger partial charge in [0.1, 0.15) is 42.7 Å². The third-order valence-corrected chi connectivity index (χ3v) is 8.18. The monoisotopic (exact) mass is 596 g/mol.